The van der Waals surface area contributed by atoms with Crippen LogP contribution in [0.1, 0.15) is 11.3 Å². The smallest absolute Gasteiger partial charge is 0.295 e. The number of rotatable bonds is 3. The number of nitrogens with zero attached hydrogens (tertiary/aromatic N) is 3. The molecule has 0 spiro atoms. The Morgan fingerprint density at radius 2 is 1.90 bits per heavy atom. The largest absolute Gasteiger partial charge is 0.399 e. The van der Waals surface area contributed by atoms with Crippen molar-refractivity contribution in [3.63, 3.8) is 0 Å². The van der Waals surface area contributed by atoms with Gasteiger partial charge in [0.05, 0.1) is 0 Å². The first kappa shape index (κ1) is 13.0. The van der Waals surface area contributed by atoms with E-state index in [0.29, 0.717) is 29.3 Å². The summed E-state index contributed by atoms with van der Waals surface area (Å²) in [6.07, 6.45) is 2.04. The number of benzene rings is 1. The Morgan fingerprint density at radius 1 is 1.10 bits per heavy atom. The number of nitrogens with one attached hydrogen (secondary N) is 1. The Morgan fingerprint density at radius 3 is 2.57 bits per heavy atom. The number of anilines is 1. The zero-order valence-corrected chi connectivity index (χ0v) is 11.2. The third kappa shape index (κ3) is 2.94. The number of aromatic nitrogens is 4. The molecule has 0 saturated heterocycles. The van der Waals surface area contributed by atoms with Crippen molar-refractivity contribution in [1.29, 1.82) is 0 Å². The number of aromatic amines is 1. The second kappa shape index (κ2) is 5.54. The molecule has 0 radical (unpaired) electrons. The van der Waals surface area contributed by atoms with Gasteiger partial charge in [0, 0.05) is 18.3 Å². The summed E-state index contributed by atoms with van der Waals surface area (Å²) >= 11 is 0. The predicted octanol–water partition coefficient (Wildman–Crippen LogP) is 1.40. The highest BCUT2D eigenvalue weighted by molar-refractivity contribution is 5.47. The lowest BCUT2D eigenvalue weighted by molar-refractivity contribution is 0.869. The Labute approximate surface area is 120 Å². The van der Waals surface area contributed by atoms with Crippen molar-refractivity contribution in [2.24, 2.45) is 0 Å². The van der Waals surface area contributed by atoms with E-state index in [-0.39, 0.29) is 5.56 Å². The van der Waals surface area contributed by atoms with E-state index in [1.54, 1.807) is 30.5 Å². The molecule has 104 valence electrons. The van der Waals surface area contributed by atoms with Gasteiger partial charge in [-0.3, -0.25) is 14.9 Å². The molecule has 3 rings (SSSR count). The second-order valence-corrected chi connectivity index (χ2v) is 4.57. The summed E-state index contributed by atoms with van der Waals surface area (Å²) in [5, 5.41) is 6.88. The van der Waals surface area contributed by atoms with Crippen molar-refractivity contribution < 1.29 is 0 Å². The van der Waals surface area contributed by atoms with Gasteiger partial charge in [-0.05, 0) is 29.8 Å². The van der Waals surface area contributed by atoms with E-state index in [9.17, 15) is 4.79 Å². The monoisotopic (exact) mass is 279 g/mol. The average molecular weight is 279 g/mol. The molecule has 2 heterocycles. The second-order valence-electron chi connectivity index (χ2n) is 4.57. The quantitative estimate of drug-likeness (QED) is 0.706. The maximum Gasteiger partial charge on any atom is 0.295 e. The van der Waals surface area contributed by atoms with E-state index < -0.39 is 0 Å². The average Bonchev–Trinajstić information content (AvgIpc) is 2.52. The fourth-order valence-corrected chi connectivity index (χ4v) is 1.92. The van der Waals surface area contributed by atoms with E-state index in [1.807, 2.05) is 18.2 Å². The van der Waals surface area contributed by atoms with Crippen LogP contribution in [-0.2, 0) is 6.42 Å². The number of hydrogen-bond donors (Lipinski definition) is 2. The summed E-state index contributed by atoms with van der Waals surface area (Å²) in [6, 6.07) is 12.7. The van der Waals surface area contributed by atoms with Gasteiger partial charge in [-0.15, -0.1) is 0 Å². The summed E-state index contributed by atoms with van der Waals surface area (Å²) in [4.78, 5) is 20.2. The fraction of sp³-hybridized carbons (Fsp3) is 0.0667. The van der Waals surface area contributed by atoms with Gasteiger partial charge in [0.2, 0.25) is 0 Å². The van der Waals surface area contributed by atoms with Crippen LogP contribution in [0.2, 0.25) is 0 Å². The molecule has 1 aromatic carbocycles. The molecule has 6 nitrogen and oxygen atoms in total. The van der Waals surface area contributed by atoms with Crippen LogP contribution in [0.4, 0.5) is 5.69 Å². The Kier molecular flexibility index (Phi) is 3.42. The van der Waals surface area contributed by atoms with Gasteiger partial charge in [0.25, 0.3) is 5.56 Å². The van der Waals surface area contributed by atoms with Crippen LogP contribution in [0.3, 0.4) is 0 Å². The standard InChI is InChI=1S/C15H13N5O/c16-11-6-4-10(5-7-11)9-13-15(21)18-14(20-19-13)12-3-1-2-8-17-12/h1-8H,9,16H2,(H,18,20,21). The summed E-state index contributed by atoms with van der Waals surface area (Å²) < 4.78 is 0. The highest BCUT2D eigenvalue weighted by atomic mass is 16.1. The zero-order chi connectivity index (χ0) is 14.7. The lowest BCUT2D eigenvalue weighted by atomic mass is 10.1. The minimum atomic E-state index is -0.355. The molecule has 2 aromatic heterocycles. The SMILES string of the molecule is Nc1ccc(Cc2n[nH]c(-c3ccccn3)nc2=O)cc1. The lowest BCUT2D eigenvalue weighted by Crippen LogP contribution is -2.18. The Balaban J connectivity index is 1.88. The van der Waals surface area contributed by atoms with Crippen molar-refractivity contribution in [3.8, 4) is 11.5 Å². The summed E-state index contributed by atoms with van der Waals surface area (Å²) in [5.41, 5.74) is 7.86. The minimum absolute atomic E-state index is 0.355. The minimum Gasteiger partial charge on any atom is -0.399 e. The maximum atomic E-state index is 12.0. The number of H-pyrrole nitrogens is 1. The molecular weight excluding hydrogens is 266 g/mol. The fourth-order valence-electron chi connectivity index (χ4n) is 1.92. The van der Waals surface area contributed by atoms with Gasteiger partial charge in [0.1, 0.15) is 11.4 Å². The summed E-state index contributed by atoms with van der Waals surface area (Å²) in [5.74, 6) is 0.363. The Hall–Kier alpha value is -3.02. The molecular formula is C15H13N5O. The van der Waals surface area contributed by atoms with Gasteiger partial charge in [-0.25, -0.2) is 0 Å². The van der Waals surface area contributed by atoms with E-state index in [2.05, 4.69) is 20.2 Å². The van der Waals surface area contributed by atoms with Gasteiger partial charge in [0.15, 0.2) is 5.82 Å². The van der Waals surface area contributed by atoms with Crippen molar-refractivity contribution in [2.45, 2.75) is 6.42 Å². The molecule has 0 saturated carbocycles. The normalized spacial score (nSPS) is 10.5. The summed E-state index contributed by atoms with van der Waals surface area (Å²) in [7, 11) is 0. The van der Waals surface area contributed by atoms with Crippen LogP contribution in [0.5, 0.6) is 0 Å². The molecule has 0 aliphatic rings. The number of hydrogen-bond acceptors (Lipinski definition) is 5. The first-order valence-corrected chi connectivity index (χ1v) is 6.44. The third-order valence-electron chi connectivity index (χ3n) is 3.02. The number of nitrogen functional groups attached to an aromatic ring is 1. The molecule has 21 heavy (non-hydrogen) atoms. The van der Waals surface area contributed by atoms with Gasteiger partial charge >= 0.3 is 0 Å². The van der Waals surface area contributed by atoms with Crippen LogP contribution < -0.4 is 11.3 Å². The van der Waals surface area contributed by atoms with Crippen LogP contribution in [0, 0.1) is 0 Å². The first-order chi connectivity index (χ1) is 10.2. The van der Waals surface area contributed by atoms with Crippen LogP contribution in [0.25, 0.3) is 11.5 Å². The molecule has 0 aliphatic carbocycles. The molecule has 3 N–H and O–H groups in total. The van der Waals surface area contributed by atoms with Crippen molar-refractivity contribution in [2.75, 3.05) is 5.73 Å². The number of pyridine rings is 1. The topological polar surface area (TPSA) is 97.6 Å². The predicted molar refractivity (Wildman–Crippen MR) is 79.5 cm³/mol. The van der Waals surface area contributed by atoms with Crippen molar-refractivity contribution >= 4 is 5.69 Å². The maximum absolute atomic E-state index is 12.0. The zero-order valence-electron chi connectivity index (χ0n) is 11.2. The van der Waals surface area contributed by atoms with Gasteiger partial charge in [-0.2, -0.15) is 10.1 Å². The third-order valence-corrected chi connectivity index (χ3v) is 3.02. The molecule has 0 aliphatic heterocycles. The number of nitrogens with two attached hydrogens (primary N) is 1. The summed E-state index contributed by atoms with van der Waals surface area (Å²) in [6.45, 7) is 0. The van der Waals surface area contributed by atoms with E-state index in [1.165, 1.54) is 0 Å². The van der Waals surface area contributed by atoms with Crippen LogP contribution >= 0.6 is 0 Å². The van der Waals surface area contributed by atoms with Crippen LogP contribution in [-0.4, -0.2) is 20.2 Å². The van der Waals surface area contributed by atoms with Gasteiger partial charge in [-0.1, -0.05) is 18.2 Å². The van der Waals surface area contributed by atoms with E-state index in [4.69, 9.17) is 5.73 Å². The molecule has 0 atom stereocenters. The molecule has 0 unspecified atom stereocenters. The lowest BCUT2D eigenvalue weighted by Gasteiger charge is -2.02. The Bertz CT molecular complexity index is 796. The molecule has 0 amide bonds. The van der Waals surface area contributed by atoms with Crippen LogP contribution in [0.15, 0.2) is 53.5 Å². The van der Waals surface area contributed by atoms with E-state index >= 15 is 0 Å². The highest BCUT2D eigenvalue weighted by Gasteiger charge is 2.08. The first-order valence-electron chi connectivity index (χ1n) is 6.44. The molecule has 3 aromatic rings. The molecule has 0 fully saturated rings. The molecule has 0 bridgehead atoms. The van der Waals surface area contributed by atoms with Crippen molar-refractivity contribution in [1.82, 2.24) is 20.2 Å². The van der Waals surface area contributed by atoms with Crippen molar-refractivity contribution in [3.05, 3.63) is 70.3 Å². The highest BCUT2D eigenvalue weighted by Crippen LogP contribution is 2.10. The van der Waals surface area contributed by atoms with Gasteiger partial charge < -0.3 is 5.73 Å². The van der Waals surface area contributed by atoms with E-state index in [0.717, 1.165) is 5.56 Å². The molecule has 6 heteroatoms.